The van der Waals surface area contributed by atoms with Gasteiger partial charge in [0.15, 0.2) is 0 Å². The highest BCUT2D eigenvalue weighted by atomic mass is 16.5. The van der Waals surface area contributed by atoms with Crippen molar-refractivity contribution in [3.8, 4) is 0 Å². The fraction of sp³-hybridized carbons (Fsp3) is 0.882. The number of nitrogens with one attached hydrogen (secondary N) is 1. The monoisotopic (exact) mass is 326 g/mol. The molecule has 2 amide bonds. The van der Waals surface area contributed by atoms with Gasteiger partial charge in [0.05, 0.1) is 19.8 Å². The lowest BCUT2D eigenvalue weighted by Crippen LogP contribution is -2.57. The summed E-state index contributed by atoms with van der Waals surface area (Å²) in [6.45, 7) is 11.6. The standard InChI is InChI=1S/C17H30N2O4/c1-16(2,3)13(18-15(21)23-7)14(20)19-8-10-12(17(10,4)5)11(19)9-22-6/h10-13H,8-9H2,1-7H3,(H,18,21)/t10-,11?,12-,13+/m0/s1. The second-order valence-corrected chi connectivity index (χ2v) is 8.40. The molecule has 1 saturated heterocycles. The van der Waals surface area contributed by atoms with E-state index < -0.39 is 17.6 Å². The third-order valence-corrected chi connectivity index (χ3v) is 5.53. The van der Waals surface area contributed by atoms with E-state index in [0.29, 0.717) is 18.4 Å². The number of amides is 2. The second kappa shape index (κ2) is 5.96. The number of methoxy groups -OCH3 is 2. The highest BCUT2D eigenvalue weighted by Gasteiger charge is 2.67. The molecular formula is C17H30N2O4. The van der Waals surface area contributed by atoms with Gasteiger partial charge in [-0.05, 0) is 22.7 Å². The molecule has 4 atom stereocenters. The molecule has 1 saturated carbocycles. The predicted octanol–water partition coefficient (Wildman–Crippen LogP) is 1.89. The number of likely N-dealkylation sites (tertiary alicyclic amines) is 1. The summed E-state index contributed by atoms with van der Waals surface area (Å²) >= 11 is 0. The number of piperidine rings is 1. The fourth-order valence-electron chi connectivity index (χ4n) is 4.05. The molecule has 0 aromatic rings. The van der Waals surface area contributed by atoms with Gasteiger partial charge in [-0.15, -0.1) is 0 Å². The van der Waals surface area contributed by atoms with E-state index in [1.807, 2.05) is 25.7 Å². The zero-order valence-corrected chi connectivity index (χ0v) is 15.3. The number of carbonyl (C=O) groups is 2. The van der Waals surface area contributed by atoms with Crippen LogP contribution >= 0.6 is 0 Å². The molecule has 1 N–H and O–H groups in total. The summed E-state index contributed by atoms with van der Waals surface area (Å²) in [6.07, 6.45) is -0.578. The zero-order valence-electron chi connectivity index (χ0n) is 15.3. The zero-order chi connectivity index (χ0) is 17.6. The van der Waals surface area contributed by atoms with E-state index in [1.165, 1.54) is 7.11 Å². The first kappa shape index (κ1) is 18.0. The van der Waals surface area contributed by atoms with Crippen LogP contribution in [0.15, 0.2) is 0 Å². The number of alkyl carbamates (subject to hydrolysis) is 1. The summed E-state index contributed by atoms with van der Waals surface area (Å²) in [5.74, 6) is 0.948. The second-order valence-electron chi connectivity index (χ2n) is 8.40. The molecule has 2 aliphatic rings. The van der Waals surface area contributed by atoms with Crippen molar-refractivity contribution in [2.45, 2.75) is 46.7 Å². The van der Waals surface area contributed by atoms with Gasteiger partial charge in [0.25, 0.3) is 0 Å². The van der Waals surface area contributed by atoms with Crippen molar-refractivity contribution in [1.82, 2.24) is 10.2 Å². The Kier molecular flexibility index (Phi) is 4.68. The van der Waals surface area contributed by atoms with Gasteiger partial charge in [0.1, 0.15) is 6.04 Å². The SMILES string of the molecule is COCC1[C@@H]2[C@H](CN1C(=O)[C@@H](NC(=O)OC)C(C)(C)C)C2(C)C. The Morgan fingerprint density at radius 2 is 1.91 bits per heavy atom. The van der Waals surface area contributed by atoms with Crippen molar-refractivity contribution in [2.75, 3.05) is 27.4 Å². The van der Waals surface area contributed by atoms with Crippen LogP contribution in [-0.2, 0) is 14.3 Å². The van der Waals surface area contributed by atoms with Crippen molar-refractivity contribution < 1.29 is 19.1 Å². The van der Waals surface area contributed by atoms with Crippen molar-refractivity contribution >= 4 is 12.0 Å². The maximum Gasteiger partial charge on any atom is 0.407 e. The van der Waals surface area contributed by atoms with Gasteiger partial charge in [-0.2, -0.15) is 0 Å². The van der Waals surface area contributed by atoms with Gasteiger partial charge in [0.2, 0.25) is 5.91 Å². The fourth-order valence-corrected chi connectivity index (χ4v) is 4.05. The molecule has 1 aliphatic carbocycles. The van der Waals surface area contributed by atoms with Gasteiger partial charge in [0, 0.05) is 13.7 Å². The van der Waals surface area contributed by atoms with Gasteiger partial charge < -0.3 is 19.7 Å². The predicted molar refractivity (Wildman–Crippen MR) is 86.9 cm³/mol. The van der Waals surface area contributed by atoms with Gasteiger partial charge in [-0.25, -0.2) is 4.79 Å². The van der Waals surface area contributed by atoms with Crippen LogP contribution in [-0.4, -0.2) is 56.4 Å². The number of carbonyl (C=O) groups excluding carboxylic acids is 2. The lowest BCUT2D eigenvalue weighted by molar-refractivity contribution is -0.139. The first-order valence-electron chi connectivity index (χ1n) is 8.19. The minimum atomic E-state index is -0.616. The Bertz CT molecular complexity index is 483. The Hall–Kier alpha value is -1.30. The minimum Gasteiger partial charge on any atom is -0.453 e. The third-order valence-electron chi connectivity index (χ3n) is 5.53. The number of hydrogen-bond donors (Lipinski definition) is 1. The van der Waals surface area contributed by atoms with Gasteiger partial charge in [-0.3, -0.25) is 4.79 Å². The molecule has 132 valence electrons. The molecule has 2 fully saturated rings. The number of fused-ring (bicyclic) bond motifs is 1. The molecule has 0 spiro atoms. The van der Waals surface area contributed by atoms with Crippen molar-refractivity contribution in [2.24, 2.45) is 22.7 Å². The summed E-state index contributed by atoms with van der Waals surface area (Å²) in [6, 6.07) is -0.535. The van der Waals surface area contributed by atoms with Crippen molar-refractivity contribution in [3.63, 3.8) is 0 Å². The third kappa shape index (κ3) is 3.18. The van der Waals surface area contributed by atoms with Crippen LogP contribution < -0.4 is 5.32 Å². The molecule has 6 heteroatoms. The molecule has 0 radical (unpaired) electrons. The van der Waals surface area contributed by atoms with E-state index in [4.69, 9.17) is 4.74 Å². The lowest BCUT2D eigenvalue weighted by atomic mass is 9.85. The quantitative estimate of drug-likeness (QED) is 0.856. The summed E-state index contributed by atoms with van der Waals surface area (Å²) in [5.41, 5.74) is -0.127. The average molecular weight is 326 g/mol. The molecule has 0 aromatic heterocycles. The van der Waals surface area contributed by atoms with Crippen molar-refractivity contribution in [3.05, 3.63) is 0 Å². The molecule has 0 bridgehead atoms. The number of hydrogen-bond acceptors (Lipinski definition) is 4. The Balaban J connectivity index is 2.18. The van der Waals surface area contributed by atoms with Gasteiger partial charge >= 0.3 is 6.09 Å². The average Bonchev–Trinajstić information content (AvgIpc) is 2.81. The molecule has 1 unspecified atom stereocenters. The smallest absolute Gasteiger partial charge is 0.407 e. The summed E-state index contributed by atoms with van der Waals surface area (Å²) in [5, 5.41) is 2.70. The van der Waals surface area contributed by atoms with E-state index in [1.54, 1.807) is 7.11 Å². The van der Waals surface area contributed by atoms with Crippen LogP contribution in [0.4, 0.5) is 4.79 Å². The molecule has 1 heterocycles. The van der Waals surface area contributed by atoms with E-state index in [0.717, 1.165) is 6.54 Å². The highest BCUT2D eigenvalue weighted by molar-refractivity contribution is 5.87. The molecule has 0 aromatic carbocycles. The number of nitrogens with zero attached hydrogens (tertiary/aromatic N) is 1. The topological polar surface area (TPSA) is 67.9 Å². The minimum absolute atomic E-state index is 0.0482. The first-order valence-corrected chi connectivity index (χ1v) is 8.19. The highest BCUT2D eigenvalue weighted by Crippen LogP contribution is 2.64. The number of rotatable bonds is 4. The van der Waals surface area contributed by atoms with Crippen LogP contribution in [0.1, 0.15) is 34.6 Å². The van der Waals surface area contributed by atoms with Crippen LogP contribution in [0.5, 0.6) is 0 Å². The number of ether oxygens (including phenoxy) is 2. The Morgan fingerprint density at radius 3 is 2.39 bits per heavy atom. The van der Waals surface area contributed by atoms with Crippen LogP contribution in [0.2, 0.25) is 0 Å². The first-order chi connectivity index (χ1) is 10.6. The largest absolute Gasteiger partial charge is 0.453 e. The maximum atomic E-state index is 13.1. The summed E-state index contributed by atoms with van der Waals surface area (Å²) in [4.78, 5) is 26.6. The van der Waals surface area contributed by atoms with E-state index in [2.05, 4.69) is 23.9 Å². The van der Waals surface area contributed by atoms with E-state index in [9.17, 15) is 9.59 Å². The Morgan fingerprint density at radius 1 is 1.30 bits per heavy atom. The molecule has 23 heavy (non-hydrogen) atoms. The Labute approximate surface area is 138 Å². The van der Waals surface area contributed by atoms with Gasteiger partial charge in [-0.1, -0.05) is 34.6 Å². The normalized spacial score (nSPS) is 29.7. The molecular weight excluding hydrogens is 296 g/mol. The molecule has 2 rings (SSSR count). The summed E-state index contributed by atoms with van der Waals surface area (Å²) < 4.78 is 10.0. The maximum absolute atomic E-state index is 13.1. The molecule has 1 aliphatic heterocycles. The summed E-state index contributed by atoms with van der Waals surface area (Å²) in [7, 11) is 2.97. The van der Waals surface area contributed by atoms with Crippen LogP contribution in [0.25, 0.3) is 0 Å². The lowest BCUT2D eigenvalue weighted by Gasteiger charge is -2.37. The van der Waals surface area contributed by atoms with Crippen LogP contribution in [0.3, 0.4) is 0 Å². The van der Waals surface area contributed by atoms with Crippen LogP contribution in [0, 0.1) is 22.7 Å². The van der Waals surface area contributed by atoms with E-state index in [-0.39, 0.29) is 17.4 Å². The van der Waals surface area contributed by atoms with E-state index >= 15 is 0 Å². The van der Waals surface area contributed by atoms with Crippen molar-refractivity contribution in [1.29, 1.82) is 0 Å². The molecule has 6 nitrogen and oxygen atoms in total.